The van der Waals surface area contributed by atoms with Crippen LogP contribution in [-0.4, -0.2) is 11.2 Å². The van der Waals surface area contributed by atoms with Crippen LogP contribution < -0.4 is 0 Å². The summed E-state index contributed by atoms with van der Waals surface area (Å²) in [6.45, 7) is 2.30. The van der Waals surface area contributed by atoms with Crippen molar-refractivity contribution in [3.05, 3.63) is 0 Å². The number of hydrogen-bond donors (Lipinski definition) is 1. The van der Waals surface area contributed by atoms with Gasteiger partial charge in [-0.1, -0.05) is 13.8 Å². The quantitative estimate of drug-likeness (QED) is 0.542. The van der Waals surface area contributed by atoms with E-state index in [0.29, 0.717) is 0 Å². The molecule has 0 aromatic heterocycles. The van der Waals surface area contributed by atoms with E-state index in [1.807, 2.05) is 0 Å². The molecule has 0 aliphatic carbocycles. The van der Waals surface area contributed by atoms with Gasteiger partial charge in [-0.25, -0.2) is 0 Å². The minimum atomic E-state index is -1.88. The Hall–Kier alpha value is -0.0400. The Morgan fingerprint density at radius 3 is 2.00 bits per heavy atom. The maximum Gasteiger partial charge on any atom is 0.0535 e. The molecule has 0 radical (unpaired) electrons. The number of aliphatic hydroxyl groups is 1. The van der Waals surface area contributed by atoms with Gasteiger partial charge in [-0.3, -0.25) is 0 Å². The zero-order valence-electron chi connectivity index (χ0n) is 8.02. The van der Waals surface area contributed by atoms with Gasteiger partial charge in [0.1, 0.15) is 0 Å². The maximum atomic E-state index is 8.97. The van der Waals surface area contributed by atoms with E-state index in [1.54, 1.807) is 0 Å². The van der Waals surface area contributed by atoms with E-state index in [1.165, 1.54) is 0 Å². The molecule has 0 fully saturated rings. The lowest BCUT2D eigenvalue weighted by molar-refractivity contribution is 0.166. The fraction of sp³-hybridized carbons (Fsp3) is 1.00. The third kappa shape index (κ3) is 2.21. The van der Waals surface area contributed by atoms with Crippen LogP contribution in [0.1, 0.15) is 32.1 Å². The molecule has 0 rings (SSSR count). The number of aliphatic hydroxyl groups excluding tert-OH is 1. The van der Waals surface area contributed by atoms with E-state index in [4.69, 9.17) is 10.6 Å². The number of rotatable bonds is 2. The summed E-state index contributed by atoms with van der Waals surface area (Å²) in [5, 5.41) is 8.97. The minimum Gasteiger partial charge on any atom is -0.393 e. The van der Waals surface area contributed by atoms with Gasteiger partial charge in [0.2, 0.25) is 0 Å². The molecule has 0 aliphatic rings. The Balaban J connectivity index is 4.23. The first kappa shape index (κ1) is 1.83. The predicted octanol–water partition coefficient (Wildman–Crippen LogP) is 1.17. The molecular weight excluding hydrogens is 76.1 g/mol. The second-order valence-electron chi connectivity index (χ2n) is 0.980. The second-order valence-corrected chi connectivity index (χ2v) is 0.980. The molecule has 1 nitrogen and oxygen atoms in total. The standard InChI is InChI=1S/C5H12O/c1-3-5(6)4-2/h5-6H,3-4H2,1-2H3/i3D2,4D2. The van der Waals surface area contributed by atoms with Crippen LogP contribution in [0.5, 0.6) is 0 Å². The molecule has 0 saturated carbocycles. The van der Waals surface area contributed by atoms with Gasteiger partial charge in [0.25, 0.3) is 0 Å². The van der Waals surface area contributed by atoms with Crippen molar-refractivity contribution in [3.63, 3.8) is 0 Å². The molecule has 0 aliphatic heterocycles. The SMILES string of the molecule is [2H]C([2H])(C)C(O)C([2H])([2H])C. The molecule has 6 heavy (non-hydrogen) atoms. The fourth-order valence-electron chi connectivity index (χ4n) is 0.144. The fourth-order valence-corrected chi connectivity index (χ4v) is 0.144. The van der Waals surface area contributed by atoms with Crippen molar-refractivity contribution in [1.29, 1.82) is 0 Å². The van der Waals surface area contributed by atoms with Crippen molar-refractivity contribution in [2.75, 3.05) is 0 Å². The largest absolute Gasteiger partial charge is 0.393 e. The van der Waals surface area contributed by atoms with Crippen LogP contribution in [-0.2, 0) is 0 Å². The van der Waals surface area contributed by atoms with E-state index in [-0.39, 0.29) is 0 Å². The van der Waals surface area contributed by atoms with Crippen molar-refractivity contribution >= 4 is 0 Å². The Labute approximate surface area is 44.6 Å². The highest BCUT2D eigenvalue weighted by molar-refractivity contribution is 4.43. The molecule has 0 heterocycles. The second kappa shape index (κ2) is 3.16. The zero-order chi connectivity index (χ0) is 8.58. The molecule has 0 atom stereocenters. The number of hydrogen-bond acceptors (Lipinski definition) is 1. The summed E-state index contributed by atoms with van der Waals surface area (Å²) in [6, 6.07) is 0. The molecule has 0 spiro atoms. The summed E-state index contributed by atoms with van der Waals surface area (Å²) in [5.41, 5.74) is 0. The van der Waals surface area contributed by atoms with Crippen LogP contribution in [0.3, 0.4) is 0 Å². The van der Waals surface area contributed by atoms with Gasteiger partial charge in [-0.2, -0.15) is 0 Å². The van der Waals surface area contributed by atoms with Crippen molar-refractivity contribution < 1.29 is 10.6 Å². The monoisotopic (exact) mass is 92.1 g/mol. The average molecular weight is 92.2 g/mol. The van der Waals surface area contributed by atoms with Crippen LogP contribution in [0.25, 0.3) is 0 Å². The highest BCUT2D eigenvalue weighted by Crippen LogP contribution is 1.91. The van der Waals surface area contributed by atoms with Crippen molar-refractivity contribution in [3.8, 4) is 0 Å². The van der Waals surface area contributed by atoms with Gasteiger partial charge >= 0.3 is 0 Å². The molecule has 0 aromatic carbocycles. The van der Waals surface area contributed by atoms with Gasteiger partial charge in [0.15, 0.2) is 0 Å². The Morgan fingerprint density at radius 1 is 1.67 bits per heavy atom. The summed E-state index contributed by atoms with van der Waals surface area (Å²) in [4.78, 5) is 0. The molecule has 38 valence electrons. The topological polar surface area (TPSA) is 20.2 Å². The first-order chi connectivity index (χ1) is 4.15. The normalized spacial score (nSPS) is 24.7. The Kier molecular flexibility index (Phi) is 0.962. The van der Waals surface area contributed by atoms with Gasteiger partial charge in [0.05, 0.1) is 6.10 Å². The Bertz CT molecular complexity index is 97.8. The van der Waals surface area contributed by atoms with Crippen molar-refractivity contribution in [2.45, 2.75) is 32.7 Å². The highest BCUT2D eigenvalue weighted by Gasteiger charge is 1.90. The van der Waals surface area contributed by atoms with E-state index in [0.717, 1.165) is 13.8 Å². The van der Waals surface area contributed by atoms with Crippen LogP contribution in [0.2, 0.25) is 0 Å². The third-order valence-electron chi connectivity index (χ3n) is 0.547. The molecule has 1 N–H and O–H groups in total. The summed E-state index contributed by atoms with van der Waals surface area (Å²) in [6.07, 6.45) is -5.32. The zero-order valence-corrected chi connectivity index (χ0v) is 4.02. The first-order valence-electron chi connectivity index (χ1n) is 3.84. The molecule has 0 amide bonds. The average Bonchev–Trinajstić information content (AvgIpc) is 1.59. The van der Waals surface area contributed by atoms with Gasteiger partial charge < -0.3 is 5.11 Å². The summed E-state index contributed by atoms with van der Waals surface area (Å²) >= 11 is 0. The minimum absolute atomic E-state index is 1.15. The van der Waals surface area contributed by atoms with Crippen molar-refractivity contribution in [2.24, 2.45) is 0 Å². The van der Waals surface area contributed by atoms with Crippen LogP contribution in [0, 0.1) is 0 Å². The lowest BCUT2D eigenvalue weighted by Gasteiger charge is -1.98. The van der Waals surface area contributed by atoms with Gasteiger partial charge in [-0.05, 0) is 12.7 Å². The molecule has 0 bridgehead atoms. The van der Waals surface area contributed by atoms with E-state index in [9.17, 15) is 0 Å². The van der Waals surface area contributed by atoms with Crippen LogP contribution >= 0.6 is 0 Å². The van der Waals surface area contributed by atoms with E-state index in [2.05, 4.69) is 0 Å². The highest BCUT2D eigenvalue weighted by atomic mass is 16.3. The molecule has 1 heteroatoms. The smallest absolute Gasteiger partial charge is 0.0535 e. The molecule has 0 unspecified atom stereocenters. The summed E-state index contributed by atoms with van der Waals surface area (Å²) in [7, 11) is 0. The van der Waals surface area contributed by atoms with Crippen molar-refractivity contribution in [1.82, 2.24) is 0 Å². The van der Waals surface area contributed by atoms with E-state index < -0.39 is 18.8 Å². The predicted molar refractivity (Wildman–Crippen MR) is 26.6 cm³/mol. The first-order valence-corrected chi connectivity index (χ1v) is 1.84. The maximum absolute atomic E-state index is 8.97. The van der Waals surface area contributed by atoms with Gasteiger partial charge in [-0.15, -0.1) is 0 Å². The van der Waals surface area contributed by atoms with E-state index >= 15 is 0 Å². The van der Waals surface area contributed by atoms with Gasteiger partial charge in [0, 0.05) is 5.48 Å². The third-order valence-corrected chi connectivity index (χ3v) is 0.547. The Morgan fingerprint density at radius 2 is 2.00 bits per heavy atom. The van der Waals surface area contributed by atoms with Crippen LogP contribution in [0.15, 0.2) is 0 Å². The lowest BCUT2D eigenvalue weighted by atomic mass is 10.2. The van der Waals surface area contributed by atoms with Crippen LogP contribution in [0.4, 0.5) is 0 Å². The molecular formula is C5H12O. The summed E-state index contributed by atoms with van der Waals surface area (Å²) in [5.74, 6) is 0. The lowest BCUT2D eigenvalue weighted by Crippen LogP contribution is -1.99. The summed E-state index contributed by atoms with van der Waals surface area (Å²) < 4.78 is 27.9. The molecule has 0 saturated heterocycles. The molecule has 0 aromatic rings.